The molecular formula is C41H53ClN8O9S. The molecular weight excluding hydrogens is 816 g/mol. The molecule has 4 heterocycles. The Bertz CT molecular complexity index is 2090. The SMILES string of the molecule is CC[C@@H]1C[C@]1(NC(=O)[C@@H]1C[C@@H](Oc2cc(Sc3nnc[nH]3)nc3c(Cl)c(OCCN4CCOCC4)ccc23)CN1C(=O)[C@@H](NC(=O)O[C@@H]1C[C@@H]2C[C@@H]2C1)C(C)(C)C)C(=O)O. The molecule has 0 bridgehead atoms. The van der Waals surface area contributed by atoms with Crippen molar-refractivity contribution >= 4 is 58.1 Å². The molecule has 0 unspecified atom stereocenters. The summed E-state index contributed by atoms with van der Waals surface area (Å²) in [6.45, 7) is 11.5. The monoisotopic (exact) mass is 868 g/mol. The van der Waals surface area contributed by atoms with E-state index >= 15 is 0 Å². The second-order valence-electron chi connectivity index (χ2n) is 17.7. The predicted molar refractivity (Wildman–Crippen MR) is 219 cm³/mol. The lowest BCUT2D eigenvalue weighted by atomic mass is 9.85. The van der Waals surface area contributed by atoms with E-state index in [2.05, 4.69) is 30.7 Å². The maximum absolute atomic E-state index is 14.7. The molecule has 324 valence electrons. The molecule has 3 amide bonds. The zero-order valence-electron chi connectivity index (χ0n) is 34.3. The van der Waals surface area contributed by atoms with Crippen molar-refractivity contribution in [2.45, 2.75) is 106 Å². The van der Waals surface area contributed by atoms with Crippen LogP contribution in [0.2, 0.25) is 5.02 Å². The zero-order chi connectivity index (χ0) is 42.3. The van der Waals surface area contributed by atoms with E-state index in [4.69, 9.17) is 35.5 Å². The first-order valence-electron chi connectivity index (χ1n) is 20.8. The number of pyridine rings is 1. The van der Waals surface area contributed by atoms with Gasteiger partial charge in [0.15, 0.2) is 5.16 Å². The molecule has 5 fully saturated rings. The van der Waals surface area contributed by atoms with Crippen LogP contribution in [0.25, 0.3) is 10.9 Å². The third-order valence-electron chi connectivity index (χ3n) is 12.5. The third kappa shape index (κ3) is 9.11. The van der Waals surface area contributed by atoms with Gasteiger partial charge >= 0.3 is 12.1 Å². The molecule has 60 heavy (non-hydrogen) atoms. The van der Waals surface area contributed by atoms with E-state index < -0.39 is 53.0 Å². The topological polar surface area (TPSA) is 210 Å². The highest BCUT2D eigenvalue weighted by atomic mass is 35.5. The Balaban J connectivity index is 1.06. The van der Waals surface area contributed by atoms with Crippen molar-refractivity contribution in [2.24, 2.45) is 23.2 Å². The molecule has 0 radical (unpaired) electrons. The van der Waals surface area contributed by atoms with E-state index in [0.29, 0.717) is 83.6 Å². The Kier molecular flexibility index (Phi) is 12.1. The van der Waals surface area contributed by atoms with Gasteiger partial charge in [-0.2, -0.15) is 0 Å². The number of aliphatic carboxylic acids is 1. The number of aromatic amines is 1. The maximum atomic E-state index is 14.7. The van der Waals surface area contributed by atoms with Crippen molar-refractivity contribution < 1.29 is 43.2 Å². The van der Waals surface area contributed by atoms with E-state index in [0.717, 1.165) is 25.9 Å². The Labute approximate surface area is 357 Å². The lowest BCUT2D eigenvalue weighted by Crippen LogP contribution is -2.59. The highest BCUT2D eigenvalue weighted by Crippen LogP contribution is 2.52. The largest absolute Gasteiger partial charge is 0.491 e. The molecule has 1 aromatic carbocycles. The van der Waals surface area contributed by atoms with Gasteiger partial charge in [-0.05, 0) is 72.7 Å². The summed E-state index contributed by atoms with van der Waals surface area (Å²) in [5.74, 6) is -0.417. The highest BCUT2D eigenvalue weighted by molar-refractivity contribution is 7.99. The molecule has 8 rings (SSSR count). The van der Waals surface area contributed by atoms with E-state index in [1.807, 2.05) is 33.8 Å². The fourth-order valence-electron chi connectivity index (χ4n) is 8.92. The van der Waals surface area contributed by atoms with Crippen LogP contribution in [-0.2, 0) is 23.9 Å². The summed E-state index contributed by atoms with van der Waals surface area (Å²) in [5.41, 5.74) is -1.79. The number of nitrogens with one attached hydrogen (secondary N) is 3. The first kappa shape index (κ1) is 42.3. The smallest absolute Gasteiger partial charge is 0.408 e. The number of morpholine rings is 1. The van der Waals surface area contributed by atoms with Gasteiger partial charge in [0, 0.05) is 37.5 Å². The average Bonchev–Trinajstić information content (AvgIpc) is 3.85. The number of hydrogen-bond donors (Lipinski definition) is 4. The van der Waals surface area contributed by atoms with Gasteiger partial charge in [0.1, 0.15) is 64.3 Å². The number of aromatic nitrogens is 4. The van der Waals surface area contributed by atoms with Gasteiger partial charge in [-0.15, -0.1) is 10.2 Å². The van der Waals surface area contributed by atoms with Gasteiger partial charge in [0.2, 0.25) is 11.8 Å². The minimum atomic E-state index is -1.42. The van der Waals surface area contributed by atoms with E-state index in [9.17, 15) is 24.3 Å². The second kappa shape index (κ2) is 17.2. The average molecular weight is 869 g/mol. The van der Waals surface area contributed by atoms with Gasteiger partial charge in [0.05, 0.1) is 25.3 Å². The number of ether oxygens (including phenoxy) is 4. The Hall–Kier alpha value is -4.39. The van der Waals surface area contributed by atoms with Crippen LogP contribution in [0.5, 0.6) is 11.5 Å². The molecule has 2 aromatic heterocycles. The van der Waals surface area contributed by atoms with Crippen molar-refractivity contribution in [3.05, 3.63) is 29.5 Å². The van der Waals surface area contributed by atoms with Gasteiger partial charge in [-0.3, -0.25) is 14.5 Å². The van der Waals surface area contributed by atoms with Crippen LogP contribution in [0.1, 0.15) is 66.2 Å². The van der Waals surface area contributed by atoms with Crippen molar-refractivity contribution in [1.29, 1.82) is 0 Å². The molecule has 3 aromatic rings. The highest BCUT2D eigenvalue weighted by Gasteiger charge is 2.61. The summed E-state index contributed by atoms with van der Waals surface area (Å²) in [4.78, 5) is 66.2. The Morgan fingerprint density at radius 2 is 1.87 bits per heavy atom. The molecule has 3 saturated carbocycles. The van der Waals surface area contributed by atoms with Crippen LogP contribution in [0.3, 0.4) is 0 Å². The lowest BCUT2D eigenvalue weighted by Gasteiger charge is -2.35. The number of hydrogen-bond acceptors (Lipinski definition) is 13. The molecule has 3 aliphatic carbocycles. The summed E-state index contributed by atoms with van der Waals surface area (Å²) < 4.78 is 24.1. The number of carboxylic acid groups (broad SMARTS) is 1. The van der Waals surface area contributed by atoms with Gasteiger partial charge in [-0.25, -0.2) is 14.6 Å². The normalized spacial score (nSPS) is 27.9. The number of alkyl carbamates (subject to hydrolysis) is 1. The van der Waals surface area contributed by atoms with Crippen LogP contribution >= 0.6 is 23.4 Å². The number of fused-ring (bicyclic) bond motifs is 2. The number of nitrogens with zero attached hydrogens (tertiary/aromatic N) is 5. The van der Waals surface area contributed by atoms with Crippen molar-refractivity contribution in [3.63, 3.8) is 0 Å². The van der Waals surface area contributed by atoms with Crippen LogP contribution in [-0.4, -0.2) is 135 Å². The summed E-state index contributed by atoms with van der Waals surface area (Å²) in [7, 11) is 0. The molecule has 8 atom stereocenters. The first-order valence-corrected chi connectivity index (χ1v) is 22.0. The Morgan fingerprint density at radius 1 is 1.10 bits per heavy atom. The molecule has 5 aliphatic rings. The number of amides is 3. The standard InChI is InChI=1S/C41H53ClN8O9S/c1-5-24-19-41(24,37(53)54)47-35(51)28-17-26(20-50(28)36(52)34(40(2,3)4)46-39(55)59-25-15-22-14-23(22)16-25)58-30-18-31(60-38-43-21-44-48-38)45-33-27(30)6-7-29(32(33)42)57-13-10-49-8-11-56-12-9-49/h6-7,18,21-26,28,34H,5,8-17,19-20H2,1-4H3,(H,46,55)(H,47,51)(H,53,54)(H,43,44,48)/t22-,23+,24-,25+,26-,28+,34-,41-/m1/s1. The molecule has 19 heteroatoms. The first-order chi connectivity index (χ1) is 28.7. The fraction of sp³-hybridized carbons (Fsp3) is 0.634. The molecule has 4 N–H and O–H groups in total. The maximum Gasteiger partial charge on any atom is 0.408 e. The van der Waals surface area contributed by atoms with Gasteiger partial charge in [-0.1, -0.05) is 45.7 Å². The van der Waals surface area contributed by atoms with Crippen molar-refractivity contribution in [2.75, 3.05) is 46.0 Å². The Morgan fingerprint density at radius 3 is 2.53 bits per heavy atom. The number of carboxylic acids is 1. The van der Waals surface area contributed by atoms with Crippen LogP contribution < -0.4 is 20.1 Å². The molecule has 2 saturated heterocycles. The summed E-state index contributed by atoms with van der Waals surface area (Å²) in [6, 6.07) is 3.14. The zero-order valence-corrected chi connectivity index (χ0v) is 35.9. The minimum absolute atomic E-state index is 0.0334. The number of carbonyl (C=O) groups excluding carboxylic acids is 3. The third-order valence-corrected chi connectivity index (χ3v) is 13.7. The molecule has 17 nitrogen and oxygen atoms in total. The van der Waals surface area contributed by atoms with Crippen LogP contribution in [0.4, 0.5) is 4.79 Å². The number of likely N-dealkylation sites (tertiary alicyclic amines) is 1. The van der Waals surface area contributed by atoms with Crippen molar-refractivity contribution in [1.82, 2.24) is 40.6 Å². The number of H-pyrrole nitrogens is 1. The number of halogens is 1. The summed E-state index contributed by atoms with van der Waals surface area (Å²) >= 11 is 8.23. The molecule has 2 aliphatic heterocycles. The molecule has 0 spiro atoms. The van der Waals surface area contributed by atoms with Crippen LogP contribution in [0, 0.1) is 23.2 Å². The van der Waals surface area contributed by atoms with E-state index in [1.165, 1.54) is 29.4 Å². The van der Waals surface area contributed by atoms with E-state index in [1.54, 1.807) is 12.1 Å². The number of carbonyl (C=O) groups is 4. The van der Waals surface area contributed by atoms with Crippen molar-refractivity contribution in [3.8, 4) is 11.5 Å². The minimum Gasteiger partial charge on any atom is -0.491 e. The number of rotatable bonds is 15. The lowest BCUT2D eigenvalue weighted by molar-refractivity contribution is -0.146. The second-order valence-corrected chi connectivity index (χ2v) is 19.1. The fourth-order valence-corrected chi connectivity index (χ4v) is 9.88. The predicted octanol–water partition coefficient (Wildman–Crippen LogP) is 4.53. The van der Waals surface area contributed by atoms with Gasteiger partial charge < -0.3 is 44.6 Å². The van der Waals surface area contributed by atoms with Gasteiger partial charge in [0.25, 0.3) is 0 Å². The summed E-state index contributed by atoms with van der Waals surface area (Å²) in [5, 5.41) is 25.6. The summed E-state index contributed by atoms with van der Waals surface area (Å²) in [6.07, 6.45) is 3.56. The quantitative estimate of drug-likeness (QED) is 0.166. The number of benzene rings is 1. The van der Waals surface area contributed by atoms with Crippen LogP contribution in [0.15, 0.2) is 34.7 Å². The van der Waals surface area contributed by atoms with E-state index in [-0.39, 0.29) is 30.0 Å².